The lowest BCUT2D eigenvalue weighted by Gasteiger charge is -2.34. The number of hydrogen-bond donors (Lipinski definition) is 0. The summed E-state index contributed by atoms with van der Waals surface area (Å²) in [6.45, 7) is 5.04. The lowest BCUT2D eigenvalue weighted by atomic mass is 10.1. The molecule has 0 N–H and O–H groups in total. The summed E-state index contributed by atoms with van der Waals surface area (Å²) in [6.07, 6.45) is 1.70. The summed E-state index contributed by atoms with van der Waals surface area (Å²) in [5.41, 5.74) is 3.14. The highest BCUT2D eigenvalue weighted by molar-refractivity contribution is 7.89. The Bertz CT molecular complexity index is 1180. The van der Waals surface area contributed by atoms with Crippen LogP contribution in [0.1, 0.15) is 21.5 Å². The van der Waals surface area contributed by atoms with Gasteiger partial charge < -0.3 is 4.90 Å². The molecule has 0 bridgehead atoms. The van der Waals surface area contributed by atoms with E-state index in [1.807, 2.05) is 50.2 Å². The third-order valence-electron chi connectivity index (χ3n) is 5.35. The summed E-state index contributed by atoms with van der Waals surface area (Å²) in [4.78, 5) is 19.4. The molecule has 1 saturated heterocycles. The number of piperazine rings is 1. The fraction of sp³-hybridized carbons (Fsp3) is 0.273. The van der Waals surface area contributed by atoms with E-state index in [9.17, 15) is 13.2 Å². The quantitative estimate of drug-likeness (QED) is 0.667. The molecule has 0 radical (unpaired) electrons. The number of rotatable bonds is 3. The van der Waals surface area contributed by atoms with Crippen molar-refractivity contribution in [3.05, 3.63) is 71.4 Å². The fourth-order valence-electron chi connectivity index (χ4n) is 3.82. The maximum absolute atomic E-state index is 13.1. The molecule has 0 spiro atoms. The molecule has 4 rings (SSSR count). The van der Waals surface area contributed by atoms with Crippen LogP contribution in [0.2, 0.25) is 0 Å². The van der Waals surface area contributed by atoms with Gasteiger partial charge in [-0.2, -0.15) is 4.31 Å². The largest absolute Gasteiger partial charge is 0.336 e. The van der Waals surface area contributed by atoms with Gasteiger partial charge in [-0.15, -0.1) is 0 Å². The van der Waals surface area contributed by atoms with Crippen LogP contribution < -0.4 is 0 Å². The Morgan fingerprint density at radius 1 is 0.966 bits per heavy atom. The third-order valence-corrected chi connectivity index (χ3v) is 7.41. The van der Waals surface area contributed by atoms with Crippen molar-refractivity contribution >= 4 is 26.8 Å². The van der Waals surface area contributed by atoms with Gasteiger partial charge in [-0.05, 0) is 43.7 Å². The Labute approximate surface area is 170 Å². The van der Waals surface area contributed by atoms with Crippen LogP contribution in [0.15, 0.2) is 59.6 Å². The number of nitrogens with zero attached hydrogens (tertiary/aromatic N) is 3. The molecule has 0 unspecified atom stereocenters. The van der Waals surface area contributed by atoms with E-state index in [0.29, 0.717) is 23.5 Å². The van der Waals surface area contributed by atoms with Gasteiger partial charge in [-0.25, -0.2) is 8.42 Å². The first-order valence-electron chi connectivity index (χ1n) is 9.58. The monoisotopic (exact) mass is 409 g/mol. The zero-order valence-corrected chi connectivity index (χ0v) is 17.3. The predicted molar refractivity (Wildman–Crippen MR) is 112 cm³/mol. The second-order valence-electron chi connectivity index (χ2n) is 7.34. The number of hydrogen-bond acceptors (Lipinski definition) is 4. The number of sulfonamides is 1. The molecule has 0 aliphatic carbocycles. The molecular formula is C22H23N3O3S. The van der Waals surface area contributed by atoms with Gasteiger partial charge in [0, 0.05) is 43.3 Å². The van der Waals surface area contributed by atoms with Crippen molar-refractivity contribution in [2.75, 3.05) is 26.2 Å². The maximum Gasteiger partial charge on any atom is 0.254 e. The van der Waals surface area contributed by atoms with Crippen LogP contribution in [0.5, 0.6) is 0 Å². The van der Waals surface area contributed by atoms with Gasteiger partial charge in [0.25, 0.3) is 5.91 Å². The molecule has 1 fully saturated rings. The molecule has 2 heterocycles. The summed E-state index contributed by atoms with van der Waals surface area (Å²) in [7, 11) is -3.57. The van der Waals surface area contributed by atoms with Crippen LogP contribution in [0.4, 0.5) is 0 Å². The minimum absolute atomic E-state index is 0.0906. The average Bonchev–Trinajstić information content (AvgIpc) is 2.72. The molecule has 150 valence electrons. The van der Waals surface area contributed by atoms with Crippen molar-refractivity contribution in [3.8, 4) is 0 Å². The Kier molecular flexibility index (Phi) is 5.10. The van der Waals surface area contributed by atoms with Gasteiger partial charge in [-0.3, -0.25) is 9.78 Å². The zero-order chi connectivity index (χ0) is 20.6. The van der Waals surface area contributed by atoms with E-state index in [-0.39, 0.29) is 19.0 Å². The van der Waals surface area contributed by atoms with E-state index in [0.717, 1.165) is 22.0 Å². The lowest BCUT2D eigenvalue weighted by Crippen LogP contribution is -2.50. The fourth-order valence-corrected chi connectivity index (χ4v) is 5.45. The van der Waals surface area contributed by atoms with E-state index < -0.39 is 10.0 Å². The molecule has 0 saturated carbocycles. The van der Waals surface area contributed by atoms with Crippen LogP contribution in [-0.2, 0) is 10.0 Å². The number of amides is 1. The van der Waals surface area contributed by atoms with Crippen molar-refractivity contribution in [2.24, 2.45) is 0 Å². The predicted octanol–water partition coefficient (Wildman–Crippen LogP) is 3.00. The van der Waals surface area contributed by atoms with E-state index in [1.54, 1.807) is 23.2 Å². The summed E-state index contributed by atoms with van der Waals surface area (Å²) in [6, 6.07) is 14.6. The van der Waals surface area contributed by atoms with Crippen LogP contribution in [0.25, 0.3) is 10.9 Å². The summed E-state index contributed by atoms with van der Waals surface area (Å²) in [5.74, 6) is -0.0906. The first-order valence-corrected chi connectivity index (χ1v) is 11.0. The highest BCUT2D eigenvalue weighted by Crippen LogP contribution is 2.24. The number of fused-ring (bicyclic) bond motifs is 1. The minimum atomic E-state index is -3.57. The molecule has 1 amide bonds. The molecule has 29 heavy (non-hydrogen) atoms. The average molecular weight is 410 g/mol. The molecule has 6 nitrogen and oxygen atoms in total. The smallest absolute Gasteiger partial charge is 0.254 e. The van der Waals surface area contributed by atoms with Crippen LogP contribution in [0, 0.1) is 13.8 Å². The number of carbonyl (C=O) groups excluding carboxylic acids is 1. The molecule has 3 aromatic rings. The van der Waals surface area contributed by atoms with Gasteiger partial charge in [0.05, 0.1) is 10.4 Å². The maximum atomic E-state index is 13.1. The number of pyridine rings is 1. The van der Waals surface area contributed by atoms with E-state index >= 15 is 0 Å². The molecule has 2 aromatic carbocycles. The van der Waals surface area contributed by atoms with Crippen molar-refractivity contribution in [3.63, 3.8) is 0 Å². The molecule has 1 aromatic heterocycles. The molecule has 1 aliphatic heterocycles. The Morgan fingerprint density at radius 2 is 1.72 bits per heavy atom. The summed E-state index contributed by atoms with van der Waals surface area (Å²) >= 11 is 0. The van der Waals surface area contributed by atoms with Gasteiger partial charge in [0.15, 0.2) is 0 Å². The van der Waals surface area contributed by atoms with Crippen LogP contribution >= 0.6 is 0 Å². The second kappa shape index (κ2) is 7.57. The molecule has 7 heteroatoms. The van der Waals surface area contributed by atoms with Crippen LogP contribution in [0.3, 0.4) is 0 Å². The Morgan fingerprint density at radius 3 is 2.45 bits per heavy atom. The van der Waals surface area contributed by atoms with Crippen molar-refractivity contribution in [2.45, 2.75) is 18.7 Å². The van der Waals surface area contributed by atoms with E-state index in [1.165, 1.54) is 4.31 Å². The topological polar surface area (TPSA) is 70.6 Å². The molecule has 1 aliphatic rings. The van der Waals surface area contributed by atoms with Crippen LogP contribution in [-0.4, -0.2) is 54.7 Å². The normalized spacial score (nSPS) is 15.6. The summed E-state index contributed by atoms with van der Waals surface area (Å²) < 4.78 is 27.6. The van der Waals surface area contributed by atoms with Gasteiger partial charge in [-0.1, -0.05) is 29.8 Å². The lowest BCUT2D eigenvalue weighted by molar-refractivity contribution is 0.0700. The second-order valence-corrected chi connectivity index (χ2v) is 9.25. The van der Waals surface area contributed by atoms with E-state index in [4.69, 9.17) is 0 Å². The molecule has 0 atom stereocenters. The first-order chi connectivity index (χ1) is 13.9. The van der Waals surface area contributed by atoms with Crippen molar-refractivity contribution in [1.82, 2.24) is 14.2 Å². The number of aromatic nitrogens is 1. The molecular weight excluding hydrogens is 386 g/mol. The number of aryl methyl sites for hydroxylation is 2. The summed E-state index contributed by atoms with van der Waals surface area (Å²) in [5, 5.41) is 0.810. The highest BCUT2D eigenvalue weighted by atomic mass is 32.2. The SMILES string of the molecule is Cc1ccc(S(=O)(=O)N2CCN(C(=O)c3cccc4ncccc34)CC2)c(C)c1. The van der Waals surface area contributed by atoms with Gasteiger partial charge in [0.1, 0.15) is 0 Å². The van der Waals surface area contributed by atoms with Crippen molar-refractivity contribution in [1.29, 1.82) is 0 Å². The zero-order valence-electron chi connectivity index (χ0n) is 16.5. The first kappa shape index (κ1) is 19.5. The minimum Gasteiger partial charge on any atom is -0.336 e. The highest BCUT2D eigenvalue weighted by Gasteiger charge is 2.31. The van der Waals surface area contributed by atoms with E-state index in [2.05, 4.69) is 4.98 Å². The number of benzene rings is 2. The Balaban J connectivity index is 1.52. The van der Waals surface area contributed by atoms with Gasteiger partial charge >= 0.3 is 0 Å². The Hall–Kier alpha value is -2.77. The standard InChI is InChI=1S/C22H23N3O3S/c1-16-8-9-21(17(2)15-16)29(27,28)25-13-11-24(12-14-25)22(26)19-5-3-7-20-18(19)6-4-10-23-20/h3-10,15H,11-14H2,1-2H3. The van der Waals surface area contributed by atoms with Crippen molar-refractivity contribution < 1.29 is 13.2 Å². The third kappa shape index (κ3) is 3.63. The number of carbonyl (C=O) groups is 1. The van der Waals surface area contributed by atoms with Gasteiger partial charge in [0.2, 0.25) is 10.0 Å².